The second-order valence-electron chi connectivity index (χ2n) is 6.34. The average molecular weight is 361 g/mol. The van der Waals surface area contributed by atoms with E-state index < -0.39 is 10.0 Å². The molecule has 7 heteroatoms. The number of para-hydroxylation sites is 1. The van der Waals surface area contributed by atoms with Crippen molar-refractivity contribution in [2.24, 2.45) is 4.40 Å². The number of fused-ring (bicyclic) bond motifs is 1. The van der Waals surface area contributed by atoms with Gasteiger partial charge >= 0.3 is 0 Å². The molecule has 1 aromatic carbocycles. The lowest BCUT2D eigenvalue weighted by Crippen LogP contribution is -2.27. The van der Waals surface area contributed by atoms with E-state index in [1.54, 1.807) is 18.2 Å². The molecule has 1 aromatic rings. The smallest absolute Gasteiger partial charge is 0.286 e. The molecule has 0 bridgehead atoms. The number of nitrogens with zero attached hydrogens (tertiary/aromatic N) is 1. The van der Waals surface area contributed by atoms with Crippen LogP contribution in [-0.4, -0.2) is 26.7 Å². The molecule has 6 nitrogen and oxygen atoms in total. The first-order chi connectivity index (χ1) is 12.0. The van der Waals surface area contributed by atoms with Crippen LogP contribution in [0.3, 0.4) is 0 Å². The standard InChI is InChI=1S/C18H23N3O3S/c22-18(19-13-12-14-6-2-1-3-7-14)11-10-17-20-15-8-4-5-9-16(15)25(23,24)21-17/h4-6,8-9H,1-3,7,10-13H2,(H,19,22)(H,20,21). The number of rotatable bonds is 6. The number of hydrogen-bond acceptors (Lipinski definition) is 4. The lowest BCUT2D eigenvalue weighted by molar-refractivity contribution is -0.120. The van der Waals surface area contributed by atoms with Gasteiger partial charge in [0.05, 0.1) is 5.69 Å². The van der Waals surface area contributed by atoms with Crippen LogP contribution in [0.25, 0.3) is 0 Å². The Bertz CT molecular complexity index is 813. The summed E-state index contributed by atoms with van der Waals surface area (Å²) in [6.45, 7) is 0.631. The van der Waals surface area contributed by atoms with Gasteiger partial charge in [-0.2, -0.15) is 8.42 Å². The second-order valence-corrected chi connectivity index (χ2v) is 7.91. The molecule has 2 aliphatic rings. The minimum Gasteiger partial charge on any atom is -0.356 e. The van der Waals surface area contributed by atoms with Crippen LogP contribution >= 0.6 is 0 Å². The Morgan fingerprint density at radius 2 is 2.04 bits per heavy atom. The van der Waals surface area contributed by atoms with Crippen molar-refractivity contribution in [3.05, 3.63) is 35.9 Å². The second kappa shape index (κ2) is 7.82. The van der Waals surface area contributed by atoms with E-state index in [1.807, 2.05) is 0 Å². The number of carbonyl (C=O) groups excluding carboxylic acids is 1. The number of allylic oxidation sites excluding steroid dienone is 1. The molecule has 1 heterocycles. The molecular formula is C18H23N3O3S. The first-order valence-electron chi connectivity index (χ1n) is 8.69. The highest BCUT2D eigenvalue weighted by Gasteiger charge is 2.24. The zero-order valence-electron chi connectivity index (χ0n) is 14.1. The maximum Gasteiger partial charge on any atom is 0.286 e. The maximum atomic E-state index is 12.1. The highest BCUT2D eigenvalue weighted by atomic mass is 32.2. The van der Waals surface area contributed by atoms with E-state index in [0.29, 0.717) is 18.1 Å². The van der Waals surface area contributed by atoms with Gasteiger partial charge in [0.1, 0.15) is 10.7 Å². The Balaban J connectivity index is 1.48. The van der Waals surface area contributed by atoms with Crippen molar-refractivity contribution in [3.63, 3.8) is 0 Å². The van der Waals surface area contributed by atoms with Gasteiger partial charge in [0.15, 0.2) is 0 Å². The van der Waals surface area contributed by atoms with Crippen molar-refractivity contribution in [1.29, 1.82) is 0 Å². The van der Waals surface area contributed by atoms with Crippen LogP contribution in [0.5, 0.6) is 0 Å². The van der Waals surface area contributed by atoms with E-state index in [4.69, 9.17) is 0 Å². The zero-order valence-corrected chi connectivity index (χ0v) is 14.9. The number of nitrogens with one attached hydrogen (secondary N) is 2. The molecule has 0 saturated carbocycles. The summed E-state index contributed by atoms with van der Waals surface area (Å²) in [5.41, 5.74) is 1.93. The molecule has 0 spiro atoms. The van der Waals surface area contributed by atoms with Crippen molar-refractivity contribution >= 4 is 27.5 Å². The van der Waals surface area contributed by atoms with E-state index in [2.05, 4.69) is 21.1 Å². The molecule has 0 aromatic heterocycles. The third-order valence-electron chi connectivity index (χ3n) is 4.42. The quantitative estimate of drug-likeness (QED) is 0.763. The maximum absolute atomic E-state index is 12.1. The van der Waals surface area contributed by atoms with Crippen molar-refractivity contribution < 1.29 is 13.2 Å². The Labute approximate surface area is 148 Å². The minimum atomic E-state index is -3.68. The molecule has 0 saturated heterocycles. The third-order valence-corrected chi connectivity index (χ3v) is 5.79. The van der Waals surface area contributed by atoms with Crippen LogP contribution in [0.4, 0.5) is 5.69 Å². The summed E-state index contributed by atoms with van der Waals surface area (Å²) in [6.07, 6.45) is 8.42. The van der Waals surface area contributed by atoms with E-state index in [-0.39, 0.29) is 23.6 Å². The fourth-order valence-electron chi connectivity index (χ4n) is 3.09. The minimum absolute atomic E-state index is 0.0860. The third kappa shape index (κ3) is 4.69. The SMILES string of the molecule is O=C(CCC1=NS(=O)(=O)c2ccccc2N1)NCCC1=CCCCC1. The number of benzene rings is 1. The van der Waals surface area contributed by atoms with Crippen molar-refractivity contribution in [2.45, 2.75) is 49.8 Å². The number of amidine groups is 1. The van der Waals surface area contributed by atoms with E-state index >= 15 is 0 Å². The van der Waals surface area contributed by atoms with Crippen LogP contribution in [0, 0.1) is 0 Å². The number of anilines is 1. The van der Waals surface area contributed by atoms with E-state index in [9.17, 15) is 13.2 Å². The largest absolute Gasteiger partial charge is 0.356 e. The topological polar surface area (TPSA) is 87.6 Å². The number of carbonyl (C=O) groups is 1. The van der Waals surface area contributed by atoms with E-state index in [0.717, 1.165) is 19.3 Å². The van der Waals surface area contributed by atoms with Crippen molar-refractivity contribution in [3.8, 4) is 0 Å². The summed E-state index contributed by atoms with van der Waals surface area (Å²) in [7, 11) is -3.68. The van der Waals surface area contributed by atoms with Crippen LogP contribution in [0.15, 0.2) is 45.2 Å². The molecule has 3 rings (SSSR count). The summed E-state index contributed by atoms with van der Waals surface area (Å²) >= 11 is 0. The molecule has 134 valence electrons. The van der Waals surface area contributed by atoms with Gasteiger partial charge in [-0.05, 0) is 44.2 Å². The summed E-state index contributed by atoms with van der Waals surface area (Å²) < 4.78 is 28.1. The van der Waals surface area contributed by atoms with Gasteiger partial charge in [-0.3, -0.25) is 4.79 Å². The van der Waals surface area contributed by atoms with Gasteiger partial charge < -0.3 is 10.6 Å². The average Bonchev–Trinajstić information content (AvgIpc) is 2.60. The fraction of sp³-hybridized carbons (Fsp3) is 0.444. The molecule has 25 heavy (non-hydrogen) atoms. The van der Waals surface area contributed by atoms with Gasteiger partial charge in [-0.25, -0.2) is 0 Å². The van der Waals surface area contributed by atoms with Crippen LogP contribution in [0.1, 0.15) is 44.9 Å². The Morgan fingerprint density at radius 3 is 2.84 bits per heavy atom. The molecule has 2 N–H and O–H groups in total. The van der Waals surface area contributed by atoms with Gasteiger partial charge in [-0.1, -0.05) is 23.8 Å². The Morgan fingerprint density at radius 1 is 1.20 bits per heavy atom. The first-order valence-corrected chi connectivity index (χ1v) is 10.1. The Kier molecular flexibility index (Phi) is 5.53. The zero-order chi connectivity index (χ0) is 17.7. The summed E-state index contributed by atoms with van der Waals surface area (Å²) in [6, 6.07) is 6.63. The van der Waals surface area contributed by atoms with E-state index in [1.165, 1.54) is 24.5 Å². The monoisotopic (exact) mass is 361 g/mol. The normalized spacial score (nSPS) is 18.4. The lowest BCUT2D eigenvalue weighted by atomic mass is 9.97. The van der Waals surface area contributed by atoms with Gasteiger partial charge in [0, 0.05) is 19.4 Å². The molecule has 1 aliphatic heterocycles. The van der Waals surface area contributed by atoms with Crippen molar-refractivity contribution in [1.82, 2.24) is 5.32 Å². The first kappa shape index (κ1) is 17.7. The van der Waals surface area contributed by atoms with Crippen molar-refractivity contribution in [2.75, 3.05) is 11.9 Å². The predicted molar refractivity (Wildman–Crippen MR) is 98.1 cm³/mol. The highest BCUT2D eigenvalue weighted by molar-refractivity contribution is 7.90. The van der Waals surface area contributed by atoms with Crippen LogP contribution in [-0.2, 0) is 14.8 Å². The predicted octanol–water partition coefficient (Wildman–Crippen LogP) is 2.99. The molecule has 0 fully saturated rings. The van der Waals surface area contributed by atoms with Gasteiger partial charge in [0.25, 0.3) is 10.0 Å². The number of hydrogen-bond donors (Lipinski definition) is 2. The summed E-state index contributed by atoms with van der Waals surface area (Å²) in [5, 5.41) is 5.89. The van der Waals surface area contributed by atoms with Gasteiger partial charge in [-0.15, -0.1) is 4.40 Å². The lowest BCUT2D eigenvalue weighted by Gasteiger charge is -2.18. The molecular weight excluding hydrogens is 338 g/mol. The highest BCUT2D eigenvalue weighted by Crippen LogP contribution is 2.27. The van der Waals surface area contributed by atoms with Gasteiger partial charge in [0.2, 0.25) is 5.91 Å². The molecule has 1 amide bonds. The molecule has 0 radical (unpaired) electrons. The van der Waals surface area contributed by atoms with Crippen LogP contribution < -0.4 is 10.6 Å². The Hall–Kier alpha value is -2.15. The molecule has 1 aliphatic carbocycles. The van der Waals surface area contributed by atoms with Crippen LogP contribution in [0.2, 0.25) is 0 Å². The number of amides is 1. The summed E-state index contributed by atoms with van der Waals surface area (Å²) in [5.74, 6) is 0.223. The summed E-state index contributed by atoms with van der Waals surface area (Å²) in [4.78, 5) is 12.1. The molecule has 0 unspecified atom stereocenters. The fourth-order valence-corrected chi connectivity index (χ4v) is 4.26. The molecule has 0 atom stereocenters. The number of sulfonamides is 1.